The van der Waals surface area contributed by atoms with E-state index in [0.717, 1.165) is 0 Å². The van der Waals surface area contributed by atoms with Crippen LogP contribution in [0.15, 0.2) is 17.1 Å². The second-order valence-electron chi connectivity index (χ2n) is 4.46. The number of carbonyl (C=O) groups is 1. The number of carbonyl (C=O) groups excluding carboxylic acids is 1. The molecule has 0 radical (unpaired) electrons. The third-order valence-electron chi connectivity index (χ3n) is 2.70. The number of nitrogens with one attached hydrogen (secondary N) is 2. The van der Waals surface area contributed by atoms with Crippen LogP contribution in [0.5, 0.6) is 0 Å². The molecule has 1 saturated heterocycles. The van der Waals surface area contributed by atoms with E-state index < -0.39 is 41.8 Å². The first kappa shape index (κ1) is 16.7. The number of rotatable bonds is 3. The number of ether oxygens (including phenoxy) is 1. The van der Waals surface area contributed by atoms with E-state index >= 15 is 0 Å². The largest absolute Gasteiger partial charge is 0.406 e. The highest BCUT2D eigenvalue weighted by Gasteiger charge is 2.31. The minimum absolute atomic E-state index is 0.0880. The quantitative estimate of drug-likeness (QED) is 0.488. The van der Waals surface area contributed by atoms with Gasteiger partial charge in [-0.3, -0.25) is 14.9 Å². The molecule has 0 aliphatic carbocycles. The van der Waals surface area contributed by atoms with Crippen LogP contribution in [0.3, 0.4) is 0 Å². The first-order valence-electron chi connectivity index (χ1n) is 5.96. The minimum Gasteiger partial charge on any atom is -0.335 e. The molecule has 1 aliphatic heterocycles. The highest BCUT2D eigenvalue weighted by Crippen LogP contribution is 2.18. The van der Waals surface area contributed by atoms with Gasteiger partial charge in [-0.2, -0.15) is 13.2 Å². The van der Waals surface area contributed by atoms with Gasteiger partial charge in [0, 0.05) is 18.8 Å². The fourth-order valence-corrected chi connectivity index (χ4v) is 2.01. The SMILES string of the molecule is O=C(Nc1cc(F)c(=O)n(CC(F)(F)F)c1)C1CNC(Cl)O1. The van der Waals surface area contributed by atoms with E-state index in [2.05, 4.69) is 10.6 Å². The summed E-state index contributed by atoms with van der Waals surface area (Å²) in [4.78, 5) is 23.1. The van der Waals surface area contributed by atoms with E-state index in [1.54, 1.807) is 0 Å². The lowest BCUT2D eigenvalue weighted by Crippen LogP contribution is -2.33. The zero-order valence-corrected chi connectivity index (χ0v) is 11.5. The molecule has 2 rings (SSSR count). The lowest BCUT2D eigenvalue weighted by atomic mass is 10.3. The van der Waals surface area contributed by atoms with Crippen molar-refractivity contribution in [1.82, 2.24) is 9.88 Å². The number of pyridine rings is 1. The molecular formula is C11H10ClF4N3O3. The van der Waals surface area contributed by atoms with Crippen LogP contribution in [0, 0.1) is 5.82 Å². The molecule has 1 aromatic rings. The summed E-state index contributed by atoms with van der Waals surface area (Å²) < 4.78 is 55.4. The number of amides is 1. The molecule has 2 atom stereocenters. The lowest BCUT2D eigenvalue weighted by molar-refractivity contribution is -0.141. The average molecular weight is 344 g/mol. The maximum atomic E-state index is 13.4. The van der Waals surface area contributed by atoms with Crippen molar-refractivity contribution in [3.8, 4) is 0 Å². The molecule has 1 aliphatic rings. The number of anilines is 1. The molecule has 1 fully saturated rings. The summed E-state index contributed by atoms with van der Waals surface area (Å²) in [6.07, 6.45) is -4.98. The molecule has 2 N–H and O–H groups in total. The Kier molecular flexibility index (Phi) is 4.73. The van der Waals surface area contributed by atoms with Gasteiger partial charge in [-0.05, 0) is 0 Å². The Hall–Kier alpha value is -1.65. The maximum Gasteiger partial charge on any atom is 0.406 e. The van der Waals surface area contributed by atoms with Crippen LogP contribution in [-0.2, 0) is 16.1 Å². The summed E-state index contributed by atoms with van der Waals surface area (Å²) >= 11 is 5.55. The van der Waals surface area contributed by atoms with Crippen molar-refractivity contribution in [2.45, 2.75) is 24.5 Å². The highest BCUT2D eigenvalue weighted by molar-refractivity contribution is 6.19. The summed E-state index contributed by atoms with van der Waals surface area (Å²) in [6.45, 7) is -1.58. The molecule has 2 unspecified atom stereocenters. The van der Waals surface area contributed by atoms with Gasteiger partial charge in [-0.15, -0.1) is 0 Å². The standard InChI is InChI=1S/C11H10ClF4N3O3/c12-10-17-2-7(22-10)8(20)18-5-1-6(13)9(21)19(3-5)4-11(14,15)16/h1,3,7,10,17H,2,4H2,(H,18,20). The predicted octanol–water partition coefficient (Wildman–Crippen LogP) is 0.999. The summed E-state index contributed by atoms with van der Waals surface area (Å²) in [6, 6.07) is 0.633. The fourth-order valence-electron chi connectivity index (χ4n) is 1.80. The predicted molar refractivity (Wildman–Crippen MR) is 67.9 cm³/mol. The summed E-state index contributed by atoms with van der Waals surface area (Å²) in [5, 5.41) is 4.77. The van der Waals surface area contributed by atoms with Gasteiger partial charge >= 0.3 is 6.18 Å². The van der Waals surface area contributed by atoms with E-state index in [0.29, 0.717) is 12.3 Å². The van der Waals surface area contributed by atoms with E-state index in [1.807, 2.05) is 0 Å². The Labute approximate surface area is 126 Å². The molecule has 11 heteroatoms. The van der Waals surface area contributed by atoms with Crippen molar-refractivity contribution < 1.29 is 27.1 Å². The monoisotopic (exact) mass is 343 g/mol. The Balaban J connectivity index is 2.17. The number of alkyl halides is 4. The van der Waals surface area contributed by atoms with Gasteiger partial charge in [-0.25, -0.2) is 4.39 Å². The van der Waals surface area contributed by atoms with Crippen LogP contribution in [0.1, 0.15) is 0 Å². The molecule has 2 heterocycles. The third kappa shape index (κ3) is 4.18. The second-order valence-corrected chi connectivity index (χ2v) is 4.86. The normalized spacial score (nSPS) is 21.9. The molecule has 1 aromatic heterocycles. The van der Waals surface area contributed by atoms with Crippen molar-refractivity contribution in [3.63, 3.8) is 0 Å². The summed E-state index contributed by atoms with van der Waals surface area (Å²) in [5.41, 5.74) is -2.60. The molecule has 0 spiro atoms. The summed E-state index contributed by atoms with van der Waals surface area (Å²) in [7, 11) is 0. The third-order valence-corrected chi connectivity index (χ3v) is 2.96. The maximum absolute atomic E-state index is 13.4. The zero-order valence-electron chi connectivity index (χ0n) is 10.8. The van der Waals surface area contributed by atoms with Crippen molar-refractivity contribution in [1.29, 1.82) is 0 Å². The number of hydrogen-bond acceptors (Lipinski definition) is 4. The Morgan fingerprint density at radius 1 is 1.55 bits per heavy atom. The minimum atomic E-state index is -4.71. The Bertz CT molecular complexity index is 634. The molecule has 0 aromatic carbocycles. The number of nitrogens with zero attached hydrogens (tertiary/aromatic N) is 1. The van der Waals surface area contributed by atoms with E-state index in [1.165, 1.54) is 0 Å². The van der Waals surface area contributed by atoms with Gasteiger partial charge in [0.25, 0.3) is 11.5 Å². The molecule has 6 nitrogen and oxygen atoms in total. The van der Waals surface area contributed by atoms with Crippen molar-refractivity contribution >= 4 is 23.2 Å². The molecule has 122 valence electrons. The Morgan fingerprint density at radius 3 is 2.77 bits per heavy atom. The second kappa shape index (κ2) is 6.23. The highest BCUT2D eigenvalue weighted by atomic mass is 35.5. The van der Waals surface area contributed by atoms with Crippen molar-refractivity contribution in [3.05, 3.63) is 28.4 Å². The smallest absolute Gasteiger partial charge is 0.335 e. The van der Waals surface area contributed by atoms with Gasteiger partial charge in [0.05, 0.1) is 5.69 Å². The van der Waals surface area contributed by atoms with Crippen LogP contribution in [0.25, 0.3) is 0 Å². The number of hydrogen-bond donors (Lipinski definition) is 2. The van der Waals surface area contributed by atoms with Crippen LogP contribution in [0.2, 0.25) is 0 Å². The van der Waals surface area contributed by atoms with E-state index in [-0.39, 0.29) is 16.8 Å². The molecule has 22 heavy (non-hydrogen) atoms. The van der Waals surface area contributed by atoms with Crippen LogP contribution in [0.4, 0.5) is 23.2 Å². The van der Waals surface area contributed by atoms with Gasteiger partial charge < -0.3 is 14.6 Å². The molecule has 0 saturated carbocycles. The lowest BCUT2D eigenvalue weighted by Gasteiger charge is -2.13. The Morgan fingerprint density at radius 2 is 2.23 bits per heavy atom. The van der Waals surface area contributed by atoms with Crippen LogP contribution < -0.4 is 16.2 Å². The molecule has 0 bridgehead atoms. The molecule has 1 amide bonds. The molecular weight excluding hydrogens is 334 g/mol. The van der Waals surface area contributed by atoms with Gasteiger partial charge in [0.1, 0.15) is 6.54 Å². The number of aromatic nitrogens is 1. The van der Waals surface area contributed by atoms with Gasteiger partial charge in [-0.1, -0.05) is 11.6 Å². The van der Waals surface area contributed by atoms with Gasteiger partial charge in [0.2, 0.25) is 0 Å². The van der Waals surface area contributed by atoms with E-state index in [9.17, 15) is 27.2 Å². The van der Waals surface area contributed by atoms with Crippen molar-refractivity contribution in [2.75, 3.05) is 11.9 Å². The van der Waals surface area contributed by atoms with Gasteiger partial charge in [0.15, 0.2) is 17.6 Å². The average Bonchev–Trinajstić information content (AvgIpc) is 2.80. The first-order chi connectivity index (χ1) is 10.2. The van der Waals surface area contributed by atoms with E-state index in [4.69, 9.17) is 16.3 Å². The number of halogens is 5. The van der Waals surface area contributed by atoms with Crippen LogP contribution >= 0.6 is 11.6 Å². The topological polar surface area (TPSA) is 72.4 Å². The van der Waals surface area contributed by atoms with Crippen LogP contribution in [-0.4, -0.2) is 35.0 Å². The first-order valence-corrected chi connectivity index (χ1v) is 6.40. The summed E-state index contributed by atoms with van der Waals surface area (Å²) in [5.74, 6) is -2.14. The fraction of sp³-hybridized carbons (Fsp3) is 0.455. The zero-order chi connectivity index (χ0) is 16.5. The van der Waals surface area contributed by atoms with Crippen molar-refractivity contribution in [2.24, 2.45) is 0 Å².